The van der Waals surface area contributed by atoms with E-state index in [1.807, 2.05) is 0 Å². The maximum absolute atomic E-state index is 5.63. The van der Waals surface area contributed by atoms with E-state index in [1.54, 1.807) is 7.11 Å². The maximum Gasteiger partial charge on any atom is 0.231 e. The predicted molar refractivity (Wildman–Crippen MR) is 61.0 cm³/mol. The van der Waals surface area contributed by atoms with Crippen LogP contribution in [-0.2, 0) is 4.74 Å². The van der Waals surface area contributed by atoms with Crippen LogP contribution in [0.5, 0.6) is 0 Å². The third-order valence-electron chi connectivity index (χ3n) is 2.70. The van der Waals surface area contributed by atoms with E-state index in [4.69, 9.17) is 15.0 Å². The van der Waals surface area contributed by atoms with Crippen molar-refractivity contribution in [3.8, 4) is 0 Å². The molecule has 0 radical (unpaired) electrons. The van der Waals surface area contributed by atoms with Gasteiger partial charge in [0.1, 0.15) is 6.10 Å². The summed E-state index contributed by atoms with van der Waals surface area (Å²) < 4.78 is 10.6. The molecule has 1 aromatic heterocycles. The lowest BCUT2D eigenvalue weighted by Gasteiger charge is -2.14. The molecular formula is C11H21N3O2. The van der Waals surface area contributed by atoms with Gasteiger partial charge in [-0.2, -0.15) is 4.98 Å². The predicted octanol–water partition coefficient (Wildman–Crippen LogP) is 1.87. The molecule has 1 aromatic rings. The molecule has 2 unspecified atom stereocenters. The number of aromatic nitrogens is 2. The minimum absolute atomic E-state index is 0.118. The van der Waals surface area contributed by atoms with Gasteiger partial charge in [0.05, 0.1) is 5.92 Å². The largest absolute Gasteiger partial charge is 0.373 e. The van der Waals surface area contributed by atoms with Crippen LogP contribution in [-0.4, -0.2) is 23.8 Å². The molecule has 0 saturated carbocycles. The van der Waals surface area contributed by atoms with Crippen molar-refractivity contribution in [2.45, 2.75) is 39.2 Å². The Morgan fingerprint density at radius 3 is 2.56 bits per heavy atom. The fourth-order valence-electron chi connectivity index (χ4n) is 1.65. The van der Waals surface area contributed by atoms with E-state index in [-0.39, 0.29) is 12.0 Å². The van der Waals surface area contributed by atoms with Crippen molar-refractivity contribution >= 4 is 0 Å². The Hall–Kier alpha value is -0.940. The first-order valence-corrected chi connectivity index (χ1v) is 5.70. The first-order chi connectivity index (χ1) is 7.63. The average molecular weight is 227 g/mol. The highest BCUT2D eigenvalue weighted by atomic mass is 16.5. The standard InChI is InChI=1S/C11H21N3O2/c1-5-8(6-12)11-13-10(14-16-11)9(15-4)7(2)3/h7-9H,5-6,12H2,1-4H3. The van der Waals surface area contributed by atoms with Crippen molar-refractivity contribution in [1.29, 1.82) is 0 Å². The number of ether oxygens (including phenoxy) is 1. The summed E-state index contributed by atoms with van der Waals surface area (Å²) >= 11 is 0. The van der Waals surface area contributed by atoms with Crippen molar-refractivity contribution in [1.82, 2.24) is 10.1 Å². The summed E-state index contributed by atoms with van der Waals surface area (Å²) in [4.78, 5) is 4.36. The summed E-state index contributed by atoms with van der Waals surface area (Å²) in [5, 5.41) is 3.96. The molecule has 2 N–H and O–H groups in total. The first kappa shape index (κ1) is 13.1. The molecule has 0 saturated heterocycles. The van der Waals surface area contributed by atoms with Gasteiger partial charge in [-0.15, -0.1) is 0 Å². The van der Waals surface area contributed by atoms with Gasteiger partial charge < -0.3 is 15.0 Å². The minimum atomic E-state index is -0.118. The topological polar surface area (TPSA) is 74.2 Å². The average Bonchev–Trinajstić information content (AvgIpc) is 2.70. The van der Waals surface area contributed by atoms with E-state index in [2.05, 4.69) is 30.9 Å². The molecule has 0 aromatic carbocycles. The van der Waals surface area contributed by atoms with Gasteiger partial charge >= 0.3 is 0 Å². The Morgan fingerprint density at radius 2 is 2.12 bits per heavy atom. The SMILES string of the molecule is CCC(CN)c1nc(C(OC)C(C)C)no1. The van der Waals surface area contributed by atoms with Crippen molar-refractivity contribution in [3.05, 3.63) is 11.7 Å². The normalized spacial score (nSPS) is 15.4. The second kappa shape index (κ2) is 5.96. The number of methoxy groups -OCH3 is 1. The van der Waals surface area contributed by atoms with E-state index in [9.17, 15) is 0 Å². The van der Waals surface area contributed by atoms with Crippen molar-refractivity contribution < 1.29 is 9.26 Å². The molecule has 2 atom stereocenters. The van der Waals surface area contributed by atoms with Crippen molar-refractivity contribution in [2.24, 2.45) is 11.7 Å². The number of nitrogens with two attached hydrogens (primary N) is 1. The van der Waals surface area contributed by atoms with Gasteiger partial charge in [0.2, 0.25) is 11.7 Å². The van der Waals surface area contributed by atoms with Gasteiger partial charge in [-0.3, -0.25) is 0 Å². The third-order valence-corrected chi connectivity index (χ3v) is 2.70. The highest BCUT2D eigenvalue weighted by Gasteiger charge is 2.23. The number of hydrogen-bond donors (Lipinski definition) is 1. The number of nitrogens with zero attached hydrogens (tertiary/aromatic N) is 2. The van der Waals surface area contributed by atoms with E-state index in [0.29, 0.717) is 24.2 Å². The van der Waals surface area contributed by atoms with E-state index < -0.39 is 0 Å². The van der Waals surface area contributed by atoms with Crippen LogP contribution in [0.3, 0.4) is 0 Å². The molecule has 0 fully saturated rings. The first-order valence-electron chi connectivity index (χ1n) is 5.70. The van der Waals surface area contributed by atoms with Crippen LogP contribution in [0.1, 0.15) is 50.9 Å². The fraction of sp³-hybridized carbons (Fsp3) is 0.818. The molecular weight excluding hydrogens is 206 g/mol. The maximum atomic E-state index is 5.63. The Labute approximate surface area is 96.4 Å². The molecule has 0 bridgehead atoms. The summed E-state index contributed by atoms with van der Waals surface area (Å²) in [6.07, 6.45) is 0.782. The van der Waals surface area contributed by atoms with Gasteiger partial charge in [0.25, 0.3) is 0 Å². The van der Waals surface area contributed by atoms with Gasteiger partial charge in [-0.1, -0.05) is 25.9 Å². The van der Waals surface area contributed by atoms with Crippen LogP contribution in [0.2, 0.25) is 0 Å². The van der Waals surface area contributed by atoms with Crippen LogP contribution in [0.15, 0.2) is 4.52 Å². The third kappa shape index (κ3) is 2.80. The summed E-state index contributed by atoms with van der Waals surface area (Å²) in [5.41, 5.74) is 5.63. The van der Waals surface area contributed by atoms with Crippen LogP contribution in [0.4, 0.5) is 0 Å². The van der Waals surface area contributed by atoms with Crippen molar-refractivity contribution in [2.75, 3.05) is 13.7 Å². The van der Waals surface area contributed by atoms with Crippen LogP contribution >= 0.6 is 0 Å². The highest BCUT2D eigenvalue weighted by Crippen LogP contribution is 2.24. The van der Waals surface area contributed by atoms with Crippen LogP contribution in [0.25, 0.3) is 0 Å². The van der Waals surface area contributed by atoms with Crippen LogP contribution < -0.4 is 5.73 Å². The quantitative estimate of drug-likeness (QED) is 0.803. The lowest BCUT2D eigenvalue weighted by Crippen LogP contribution is -2.13. The summed E-state index contributed by atoms with van der Waals surface area (Å²) in [7, 11) is 1.65. The van der Waals surface area contributed by atoms with Crippen molar-refractivity contribution in [3.63, 3.8) is 0 Å². The molecule has 5 heteroatoms. The number of hydrogen-bond acceptors (Lipinski definition) is 5. The Balaban J connectivity index is 2.84. The smallest absolute Gasteiger partial charge is 0.231 e. The Morgan fingerprint density at radius 1 is 1.44 bits per heavy atom. The van der Waals surface area contributed by atoms with Gasteiger partial charge in [0.15, 0.2) is 0 Å². The molecule has 0 aliphatic carbocycles. The summed E-state index contributed by atoms with van der Waals surface area (Å²) in [6.45, 7) is 6.70. The molecule has 5 nitrogen and oxygen atoms in total. The van der Waals surface area contributed by atoms with E-state index in [1.165, 1.54) is 0 Å². The molecule has 1 heterocycles. The second-order valence-electron chi connectivity index (χ2n) is 4.23. The zero-order valence-electron chi connectivity index (χ0n) is 10.4. The summed E-state index contributed by atoms with van der Waals surface area (Å²) in [6, 6.07) is 0. The highest BCUT2D eigenvalue weighted by molar-refractivity contribution is 4.97. The Bertz CT molecular complexity index is 308. The zero-order valence-corrected chi connectivity index (χ0v) is 10.4. The summed E-state index contributed by atoms with van der Waals surface area (Å²) in [5.74, 6) is 1.68. The number of rotatable bonds is 6. The fourth-order valence-corrected chi connectivity index (χ4v) is 1.65. The zero-order chi connectivity index (χ0) is 12.1. The van der Waals surface area contributed by atoms with E-state index >= 15 is 0 Å². The minimum Gasteiger partial charge on any atom is -0.373 e. The van der Waals surface area contributed by atoms with E-state index in [0.717, 1.165) is 6.42 Å². The van der Waals surface area contributed by atoms with Crippen LogP contribution in [0, 0.1) is 5.92 Å². The molecule has 0 spiro atoms. The molecule has 0 aliphatic heterocycles. The second-order valence-corrected chi connectivity index (χ2v) is 4.23. The monoisotopic (exact) mass is 227 g/mol. The molecule has 92 valence electrons. The van der Waals surface area contributed by atoms with Gasteiger partial charge in [0, 0.05) is 13.7 Å². The molecule has 0 amide bonds. The van der Waals surface area contributed by atoms with Gasteiger partial charge in [-0.05, 0) is 12.3 Å². The lowest BCUT2D eigenvalue weighted by atomic mass is 10.1. The molecule has 0 aliphatic rings. The molecule has 1 rings (SSSR count). The van der Waals surface area contributed by atoms with Gasteiger partial charge in [-0.25, -0.2) is 0 Å². The molecule has 16 heavy (non-hydrogen) atoms. The lowest BCUT2D eigenvalue weighted by molar-refractivity contribution is 0.0555. The Kier molecular flexibility index (Phi) is 4.89.